The maximum absolute atomic E-state index is 9.53. The summed E-state index contributed by atoms with van der Waals surface area (Å²) < 4.78 is 5.23. The highest BCUT2D eigenvalue weighted by Gasteiger charge is 2.43. The van der Waals surface area contributed by atoms with Crippen LogP contribution in [0.4, 0.5) is 0 Å². The van der Waals surface area contributed by atoms with Crippen molar-refractivity contribution in [1.29, 1.82) is 0 Å². The van der Waals surface area contributed by atoms with Gasteiger partial charge in [0, 0.05) is 17.8 Å². The Balaban J connectivity index is 1.84. The van der Waals surface area contributed by atoms with E-state index in [1.807, 2.05) is 12.3 Å². The summed E-state index contributed by atoms with van der Waals surface area (Å²) in [6.45, 7) is 1.15. The van der Waals surface area contributed by atoms with Gasteiger partial charge in [-0.05, 0) is 18.9 Å². The predicted molar refractivity (Wildman–Crippen MR) is 67.4 cm³/mol. The highest BCUT2D eigenvalue weighted by atomic mass is 16.5. The van der Waals surface area contributed by atoms with E-state index in [2.05, 4.69) is 4.98 Å². The van der Waals surface area contributed by atoms with Crippen LogP contribution in [0.5, 0.6) is 0 Å². The number of aliphatic hydroxyl groups excluding tert-OH is 1. The van der Waals surface area contributed by atoms with Gasteiger partial charge in [0.15, 0.2) is 0 Å². The molecule has 1 saturated carbocycles. The monoisotopic (exact) mass is 248 g/mol. The standard InChI is InChI=1S/C14H20N2O2/c17-8-14(9-18-10-14)13-15-7-6-12(16-13)11-4-2-1-3-5-11/h6-7,11,17H,1-5,8-10H2. The van der Waals surface area contributed by atoms with E-state index < -0.39 is 0 Å². The molecule has 98 valence electrons. The summed E-state index contributed by atoms with van der Waals surface area (Å²) in [5.74, 6) is 1.34. The zero-order valence-electron chi connectivity index (χ0n) is 10.6. The zero-order valence-corrected chi connectivity index (χ0v) is 10.6. The second-order valence-corrected chi connectivity index (χ2v) is 5.57. The Morgan fingerprint density at radius 2 is 2.06 bits per heavy atom. The number of hydrogen-bond donors (Lipinski definition) is 1. The van der Waals surface area contributed by atoms with Crippen LogP contribution in [0, 0.1) is 0 Å². The molecule has 1 N–H and O–H groups in total. The molecule has 0 aromatic carbocycles. The Bertz CT molecular complexity index is 407. The van der Waals surface area contributed by atoms with E-state index >= 15 is 0 Å². The number of hydrogen-bond acceptors (Lipinski definition) is 4. The minimum Gasteiger partial charge on any atom is -0.395 e. The van der Waals surface area contributed by atoms with Crippen molar-refractivity contribution in [3.8, 4) is 0 Å². The molecule has 4 nitrogen and oxygen atoms in total. The van der Waals surface area contributed by atoms with E-state index in [9.17, 15) is 5.11 Å². The summed E-state index contributed by atoms with van der Waals surface area (Å²) in [5.41, 5.74) is 0.810. The fourth-order valence-corrected chi connectivity index (χ4v) is 2.89. The van der Waals surface area contributed by atoms with Crippen LogP contribution in [0.2, 0.25) is 0 Å². The molecule has 2 heterocycles. The van der Waals surface area contributed by atoms with Gasteiger partial charge in [0.25, 0.3) is 0 Å². The SMILES string of the molecule is OCC1(c2nccc(C3CCCCC3)n2)COC1. The van der Waals surface area contributed by atoms with Crippen LogP contribution >= 0.6 is 0 Å². The first-order valence-corrected chi connectivity index (χ1v) is 6.86. The first-order chi connectivity index (χ1) is 8.84. The van der Waals surface area contributed by atoms with Crippen molar-refractivity contribution in [3.63, 3.8) is 0 Å². The van der Waals surface area contributed by atoms with Gasteiger partial charge >= 0.3 is 0 Å². The molecule has 3 rings (SSSR count). The summed E-state index contributed by atoms with van der Waals surface area (Å²) >= 11 is 0. The summed E-state index contributed by atoms with van der Waals surface area (Å²) in [4.78, 5) is 9.06. The first kappa shape index (κ1) is 12.1. The number of aromatic nitrogens is 2. The molecule has 0 radical (unpaired) electrons. The molecule has 18 heavy (non-hydrogen) atoms. The van der Waals surface area contributed by atoms with Crippen LogP contribution in [0.15, 0.2) is 12.3 Å². The van der Waals surface area contributed by atoms with Gasteiger partial charge in [0.05, 0.1) is 25.2 Å². The van der Waals surface area contributed by atoms with Gasteiger partial charge in [0.1, 0.15) is 5.82 Å². The molecule has 0 spiro atoms. The highest BCUT2D eigenvalue weighted by molar-refractivity contribution is 5.17. The van der Waals surface area contributed by atoms with E-state index in [1.165, 1.54) is 32.1 Å². The topological polar surface area (TPSA) is 55.2 Å². The van der Waals surface area contributed by atoms with Crippen LogP contribution in [-0.2, 0) is 10.2 Å². The average molecular weight is 248 g/mol. The number of rotatable bonds is 3. The molecule has 1 saturated heterocycles. The molecule has 2 fully saturated rings. The lowest BCUT2D eigenvalue weighted by Crippen LogP contribution is -2.51. The normalized spacial score (nSPS) is 23.6. The molecule has 1 aliphatic heterocycles. The third kappa shape index (κ3) is 2.04. The quantitative estimate of drug-likeness (QED) is 0.886. The molecule has 0 atom stereocenters. The van der Waals surface area contributed by atoms with Gasteiger partial charge in [-0.15, -0.1) is 0 Å². The van der Waals surface area contributed by atoms with Crippen LogP contribution in [0.3, 0.4) is 0 Å². The largest absolute Gasteiger partial charge is 0.395 e. The minimum atomic E-state index is -0.343. The number of ether oxygens (including phenoxy) is 1. The van der Waals surface area contributed by atoms with E-state index in [0.29, 0.717) is 19.1 Å². The molecule has 0 bridgehead atoms. The summed E-state index contributed by atoms with van der Waals surface area (Å²) in [7, 11) is 0. The highest BCUT2D eigenvalue weighted by Crippen LogP contribution is 2.34. The van der Waals surface area contributed by atoms with Crippen molar-refractivity contribution >= 4 is 0 Å². The molecule has 0 unspecified atom stereocenters. The molecule has 4 heteroatoms. The second-order valence-electron chi connectivity index (χ2n) is 5.57. The lowest BCUT2D eigenvalue weighted by Gasteiger charge is -2.38. The third-order valence-corrected chi connectivity index (χ3v) is 4.23. The van der Waals surface area contributed by atoms with Gasteiger partial charge in [-0.25, -0.2) is 9.97 Å². The maximum atomic E-state index is 9.53. The smallest absolute Gasteiger partial charge is 0.141 e. The molecular formula is C14H20N2O2. The Morgan fingerprint density at radius 1 is 1.28 bits per heavy atom. The van der Waals surface area contributed by atoms with Crippen molar-refractivity contribution in [1.82, 2.24) is 9.97 Å². The lowest BCUT2D eigenvalue weighted by molar-refractivity contribution is -0.0885. The molecular weight excluding hydrogens is 228 g/mol. The molecule has 0 amide bonds. The van der Waals surface area contributed by atoms with Crippen LogP contribution < -0.4 is 0 Å². The molecule has 1 aliphatic carbocycles. The first-order valence-electron chi connectivity index (χ1n) is 6.86. The van der Waals surface area contributed by atoms with E-state index in [0.717, 1.165) is 11.5 Å². The second kappa shape index (κ2) is 4.94. The number of aliphatic hydroxyl groups is 1. The summed E-state index contributed by atoms with van der Waals surface area (Å²) in [6, 6.07) is 2.03. The van der Waals surface area contributed by atoms with Crippen molar-refractivity contribution in [2.45, 2.75) is 43.4 Å². The van der Waals surface area contributed by atoms with Crippen LogP contribution in [-0.4, -0.2) is 34.9 Å². The van der Waals surface area contributed by atoms with Crippen molar-refractivity contribution in [2.24, 2.45) is 0 Å². The minimum absolute atomic E-state index is 0.0706. The van der Waals surface area contributed by atoms with Gasteiger partial charge in [-0.1, -0.05) is 19.3 Å². The molecule has 1 aromatic rings. The zero-order chi connectivity index (χ0) is 12.4. The average Bonchev–Trinajstić information content (AvgIpc) is 2.40. The summed E-state index contributed by atoms with van der Waals surface area (Å²) in [5, 5.41) is 9.53. The Labute approximate surface area is 107 Å². The van der Waals surface area contributed by atoms with Gasteiger partial charge in [0.2, 0.25) is 0 Å². The van der Waals surface area contributed by atoms with Crippen molar-refractivity contribution in [3.05, 3.63) is 23.8 Å². The van der Waals surface area contributed by atoms with Gasteiger partial charge < -0.3 is 9.84 Å². The molecule has 2 aliphatic rings. The summed E-state index contributed by atoms with van der Waals surface area (Å²) in [6.07, 6.45) is 8.26. The van der Waals surface area contributed by atoms with Crippen LogP contribution in [0.1, 0.15) is 49.5 Å². The van der Waals surface area contributed by atoms with E-state index in [1.54, 1.807) is 0 Å². The van der Waals surface area contributed by atoms with Crippen molar-refractivity contribution in [2.75, 3.05) is 19.8 Å². The van der Waals surface area contributed by atoms with E-state index in [-0.39, 0.29) is 12.0 Å². The Morgan fingerprint density at radius 3 is 2.67 bits per heavy atom. The Hall–Kier alpha value is -1.00. The van der Waals surface area contributed by atoms with Gasteiger partial charge in [-0.3, -0.25) is 0 Å². The lowest BCUT2D eigenvalue weighted by atomic mass is 9.84. The fraction of sp³-hybridized carbons (Fsp3) is 0.714. The van der Waals surface area contributed by atoms with Gasteiger partial charge in [-0.2, -0.15) is 0 Å². The predicted octanol–water partition coefficient (Wildman–Crippen LogP) is 1.78. The maximum Gasteiger partial charge on any atom is 0.141 e. The third-order valence-electron chi connectivity index (χ3n) is 4.23. The fourth-order valence-electron chi connectivity index (χ4n) is 2.89. The Kier molecular flexibility index (Phi) is 3.31. The molecule has 1 aromatic heterocycles. The van der Waals surface area contributed by atoms with Crippen LogP contribution in [0.25, 0.3) is 0 Å². The number of nitrogens with zero attached hydrogens (tertiary/aromatic N) is 2. The van der Waals surface area contributed by atoms with Crippen molar-refractivity contribution < 1.29 is 9.84 Å². The van der Waals surface area contributed by atoms with E-state index in [4.69, 9.17) is 9.72 Å².